The van der Waals surface area contributed by atoms with E-state index < -0.39 is 6.03 Å². The van der Waals surface area contributed by atoms with E-state index in [1.165, 1.54) is 0 Å². The molecule has 0 fully saturated rings. The quantitative estimate of drug-likeness (QED) is 0.617. The van der Waals surface area contributed by atoms with Gasteiger partial charge in [-0.15, -0.1) is 0 Å². The van der Waals surface area contributed by atoms with Crippen molar-refractivity contribution in [2.75, 3.05) is 10.6 Å². The molecule has 9 heteroatoms. The molecule has 0 radical (unpaired) electrons. The average molecular weight is 421 g/mol. The standard InChI is InChI=1S/C22H23N5O4/c1-22(2,3)17-12-18(27(4)26-17)25-21(29)24-13-6-5-7-14(10-13)30-16-8-9-23-15-11-19(28)31-20(15)16/h5-10,12H,11H2,1-4H3,(H2,24,25,29). The molecule has 3 aromatic rings. The monoisotopic (exact) mass is 421 g/mol. The molecule has 3 heterocycles. The van der Waals surface area contributed by atoms with Gasteiger partial charge in [0.15, 0.2) is 11.5 Å². The number of pyridine rings is 1. The van der Waals surface area contributed by atoms with E-state index in [1.807, 2.05) is 6.07 Å². The number of esters is 1. The van der Waals surface area contributed by atoms with Crippen molar-refractivity contribution < 1.29 is 19.1 Å². The Morgan fingerprint density at radius 2 is 2.00 bits per heavy atom. The van der Waals surface area contributed by atoms with Crippen molar-refractivity contribution in [2.24, 2.45) is 7.05 Å². The van der Waals surface area contributed by atoms with E-state index in [0.29, 0.717) is 34.4 Å². The van der Waals surface area contributed by atoms with E-state index in [1.54, 1.807) is 48.3 Å². The lowest BCUT2D eigenvalue weighted by Gasteiger charge is -2.13. The second-order valence-corrected chi connectivity index (χ2v) is 8.23. The summed E-state index contributed by atoms with van der Waals surface area (Å²) in [5.41, 5.74) is 1.84. The number of nitrogens with zero attached hydrogens (tertiary/aromatic N) is 3. The van der Waals surface area contributed by atoms with Gasteiger partial charge >= 0.3 is 12.0 Å². The van der Waals surface area contributed by atoms with Gasteiger partial charge in [0.25, 0.3) is 0 Å². The van der Waals surface area contributed by atoms with Crippen molar-refractivity contribution in [3.05, 3.63) is 54.0 Å². The van der Waals surface area contributed by atoms with Crippen LogP contribution in [-0.2, 0) is 23.7 Å². The molecule has 0 aliphatic carbocycles. The normalized spacial score (nSPS) is 12.8. The molecule has 2 aromatic heterocycles. The van der Waals surface area contributed by atoms with Gasteiger partial charge in [-0.05, 0) is 12.1 Å². The summed E-state index contributed by atoms with van der Waals surface area (Å²) < 4.78 is 12.7. The zero-order valence-electron chi connectivity index (χ0n) is 17.7. The van der Waals surface area contributed by atoms with Crippen molar-refractivity contribution in [1.29, 1.82) is 0 Å². The molecule has 31 heavy (non-hydrogen) atoms. The molecule has 0 bridgehead atoms. The van der Waals surface area contributed by atoms with Crippen LogP contribution in [0.25, 0.3) is 0 Å². The van der Waals surface area contributed by atoms with Crippen molar-refractivity contribution in [3.8, 4) is 17.2 Å². The van der Waals surface area contributed by atoms with E-state index in [-0.39, 0.29) is 17.8 Å². The van der Waals surface area contributed by atoms with Crippen molar-refractivity contribution in [2.45, 2.75) is 32.6 Å². The molecule has 0 atom stereocenters. The maximum absolute atomic E-state index is 12.5. The lowest BCUT2D eigenvalue weighted by Crippen LogP contribution is -2.21. The van der Waals surface area contributed by atoms with Gasteiger partial charge in [0.2, 0.25) is 0 Å². The van der Waals surface area contributed by atoms with Gasteiger partial charge in [-0.1, -0.05) is 26.8 Å². The molecule has 1 aromatic carbocycles. The summed E-state index contributed by atoms with van der Waals surface area (Å²) in [5, 5.41) is 10.0. The third-order valence-electron chi connectivity index (χ3n) is 4.68. The molecule has 1 aliphatic heterocycles. The van der Waals surface area contributed by atoms with E-state index in [0.717, 1.165) is 5.69 Å². The summed E-state index contributed by atoms with van der Waals surface area (Å²) >= 11 is 0. The number of urea groups is 1. The van der Waals surface area contributed by atoms with Gasteiger partial charge < -0.3 is 14.8 Å². The minimum Gasteiger partial charge on any atom is -0.453 e. The molecule has 0 spiro atoms. The second kappa shape index (κ2) is 7.75. The van der Waals surface area contributed by atoms with Gasteiger partial charge in [0.05, 0.1) is 17.8 Å². The number of aryl methyl sites for hydroxylation is 1. The Kier molecular flexibility index (Phi) is 5.10. The number of hydrogen-bond acceptors (Lipinski definition) is 6. The van der Waals surface area contributed by atoms with Crippen LogP contribution in [-0.4, -0.2) is 26.8 Å². The Bertz CT molecular complexity index is 1160. The Labute approximate surface area is 179 Å². The number of benzene rings is 1. The first-order valence-electron chi connectivity index (χ1n) is 9.78. The number of rotatable bonds is 4. The highest BCUT2D eigenvalue weighted by molar-refractivity contribution is 5.99. The number of ether oxygens (including phenoxy) is 2. The highest BCUT2D eigenvalue weighted by atomic mass is 16.6. The number of nitrogens with one attached hydrogen (secondary N) is 2. The van der Waals surface area contributed by atoms with Crippen LogP contribution in [0.15, 0.2) is 42.6 Å². The minimum absolute atomic E-state index is 0.124. The number of amides is 2. The summed E-state index contributed by atoms with van der Waals surface area (Å²) in [4.78, 5) is 28.1. The topological polar surface area (TPSA) is 107 Å². The fraction of sp³-hybridized carbons (Fsp3) is 0.273. The number of anilines is 2. The van der Waals surface area contributed by atoms with Crippen LogP contribution in [0.1, 0.15) is 32.2 Å². The summed E-state index contributed by atoms with van der Waals surface area (Å²) in [6, 6.07) is 9.98. The maximum Gasteiger partial charge on any atom is 0.324 e. The number of carbonyl (C=O) groups excluding carboxylic acids is 2. The van der Waals surface area contributed by atoms with Crippen LogP contribution >= 0.6 is 0 Å². The number of carbonyl (C=O) groups is 2. The van der Waals surface area contributed by atoms with E-state index in [9.17, 15) is 9.59 Å². The smallest absolute Gasteiger partial charge is 0.324 e. The first-order chi connectivity index (χ1) is 14.7. The predicted molar refractivity (Wildman–Crippen MR) is 115 cm³/mol. The summed E-state index contributed by atoms with van der Waals surface area (Å²) in [6.07, 6.45) is 1.69. The third kappa shape index (κ3) is 4.50. The molecule has 0 saturated heterocycles. The summed E-state index contributed by atoms with van der Waals surface area (Å²) in [5.74, 6) is 1.42. The molecule has 0 saturated carbocycles. The van der Waals surface area contributed by atoms with Gasteiger partial charge in [0, 0.05) is 42.5 Å². The van der Waals surface area contributed by atoms with Gasteiger partial charge in [-0.3, -0.25) is 19.8 Å². The Morgan fingerprint density at radius 3 is 2.74 bits per heavy atom. The maximum atomic E-state index is 12.5. The minimum atomic E-state index is -0.403. The van der Waals surface area contributed by atoms with Crippen molar-refractivity contribution in [3.63, 3.8) is 0 Å². The van der Waals surface area contributed by atoms with Crippen molar-refractivity contribution in [1.82, 2.24) is 14.8 Å². The van der Waals surface area contributed by atoms with Crippen LogP contribution < -0.4 is 20.1 Å². The van der Waals surface area contributed by atoms with Gasteiger partial charge in [0.1, 0.15) is 11.6 Å². The highest BCUT2D eigenvalue weighted by Crippen LogP contribution is 2.37. The second-order valence-electron chi connectivity index (χ2n) is 8.23. The molecule has 1 aliphatic rings. The van der Waals surface area contributed by atoms with Crippen LogP contribution in [0.3, 0.4) is 0 Å². The van der Waals surface area contributed by atoms with Crippen LogP contribution in [0.5, 0.6) is 17.2 Å². The van der Waals surface area contributed by atoms with Crippen LogP contribution in [0, 0.1) is 0 Å². The molecule has 160 valence electrons. The Balaban J connectivity index is 1.45. The Morgan fingerprint density at radius 1 is 1.19 bits per heavy atom. The number of fused-ring (bicyclic) bond motifs is 1. The van der Waals surface area contributed by atoms with Crippen molar-refractivity contribution >= 4 is 23.5 Å². The zero-order valence-corrected chi connectivity index (χ0v) is 17.7. The summed E-state index contributed by atoms with van der Waals surface area (Å²) in [7, 11) is 1.78. The van der Waals surface area contributed by atoms with E-state index >= 15 is 0 Å². The summed E-state index contributed by atoms with van der Waals surface area (Å²) in [6.45, 7) is 6.18. The lowest BCUT2D eigenvalue weighted by atomic mass is 9.92. The molecule has 0 unspecified atom stereocenters. The van der Waals surface area contributed by atoms with Crippen LogP contribution in [0.4, 0.5) is 16.3 Å². The molecule has 9 nitrogen and oxygen atoms in total. The lowest BCUT2D eigenvalue weighted by molar-refractivity contribution is -0.131. The van der Waals surface area contributed by atoms with Gasteiger partial charge in [-0.2, -0.15) is 5.10 Å². The highest BCUT2D eigenvalue weighted by Gasteiger charge is 2.26. The molecule has 2 N–H and O–H groups in total. The SMILES string of the molecule is Cn1nc(C(C)(C)C)cc1NC(=O)Nc1cccc(Oc2ccnc3c2OC(=O)C3)c1. The number of aromatic nitrogens is 3. The molecule has 4 rings (SSSR count). The third-order valence-corrected chi connectivity index (χ3v) is 4.68. The van der Waals surface area contributed by atoms with Crippen LogP contribution in [0.2, 0.25) is 0 Å². The predicted octanol–water partition coefficient (Wildman–Crippen LogP) is 4.01. The largest absolute Gasteiger partial charge is 0.453 e. The molecular weight excluding hydrogens is 398 g/mol. The Hall–Kier alpha value is -3.88. The first-order valence-corrected chi connectivity index (χ1v) is 9.78. The van der Waals surface area contributed by atoms with E-state index in [2.05, 4.69) is 41.5 Å². The first kappa shape index (κ1) is 20.4. The average Bonchev–Trinajstić information content (AvgIpc) is 3.24. The zero-order chi connectivity index (χ0) is 22.2. The number of hydrogen-bond donors (Lipinski definition) is 2. The fourth-order valence-corrected chi connectivity index (χ4v) is 3.07. The fourth-order valence-electron chi connectivity index (χ4n) is 3.07. The van der Waals surface area contributed by atoms with E-state index in [4.69, 9.17) is 9.47 Å². The molecular formula is C22H23N5O4. The molecule has 2 amide bonds. The van der Waals surface area contributed by atoms with Gasteiger partial charge in [-0.25, -0.2) is 4.79 Å².